The predicted octanol–water partition coefficient (Wildman–Crippen LogP) is 2.41. The van der Waals surface area contributed by atoms with Crippen molar-refractivity contribution in [1.82, 2.24) is 45.8 Å². The van der Waals surface area contributed by atoms with Crippen molar-refractivity contribution in [2.24, 2.45) is 29.4 Å². The molecule has 0 aliphatic carbocycles. The molecule has 2 rings (SSSR count). The lowest BCUT2D eigenvalue weighted by Crippen LogP contribution is -2.60. The molecule has 0 fully saturated rings. The van der Waals surface area contributed by atoms with Gasteiger partial charge >= 0.3 is 5.97 Å². The fourth-order valence-electron chi connectivity index (χ4n) is 9.31. The number of aliphatic hydroxyl groups is 1. The van der Waals surface area contributed by atoms with E-state index in [-0.39, 0.29) is 49.9 Å². The van der Waals surface area contributed by atoms with Crippen LogP contribution < -0.4 is 27.0 Å². The largest absolute Gasteiger partial charge is 0.480 e. The normalized spacial score (nSPS) is 15.1. The number of hydrogen-bond acceptors (Lipinski definition) is 12. The molecule has 452 valence electrons. The zero-order chi connectivity index (χ0) is 61.9. The summed E-state index contributed by atoms with van der Waals surface area (Å²) in [5.41, 5.74) is 7.90. The number of aliphatic hydroxyl groups excluding tert-OH is 1. The fourth-order valence-corrected chi connectivity index (χ4v) is 9.92. The van der Waals surface area contributed by atoms with Crippen LogP contribution in [0.4, 0.5) is 0 Å². The molecule has 10 atom stereocenters. The smallest absolute Gasteiger partial charge is 0.326 e. The molecule has 9 amide bonds. The molecule has 0 aliphatic rings. The monoisotopic (exact) mass is 1250 g/mol. The lowest BCUT2D eigenvalue weighted by Gasteiger charge is -2.38. The first-order valence-electron chi connectivity index (χ1n) is 27.6. The van der Waals surface area contributed by atoms with Crippen molar-refractivity contribution in [1.29, 1.82) is 0 Å². The number of hydrogen-bond donors (Lipinski definition) is 7. The van der Waals surface area contributed by atoms with Crippen molar-refractivity contribution in [2.45, 2.75) is 169 Å². The second kappa shape index (κ2) is 33.0. The van der Waals surface area contributed by atoms with Crippen LogP contribution in [-0.2, 0) is 60.8 Å². The molecule has 8 N–H and O–H groups in total. The zero-order valence-corrected chi connectivity index (χ0v) is 52.3. The van der Waals surface area contributed by atoms with Gasteiger partial charge in [0.15, 0.2) is 0 Å². The number of carbonyl (C=O) groups is 10. The number of likely N-dealkylation sites (N-methyl/N-ethyl adjacent to an activating group) is 5. The van der Waals surface area contributed by atoms with Crippen molar-refractivity contribution in [3.63, 3.8) is 0 Å². The van der Waals surface area contributed by atoms with Gasteiger partial charge in [-0.05, 0) is 116 Å². The van der Waals surface area contributed by atoms with Crippen LogP contribution in [0.2, 0.25) is 0 Å². The maximum Gasteiger partial charge on any atom is 0.326 e. The lowest BCUT2D eigenvalue weighted by atomic mass is 9.96. The lowest BCUT2D eigenvalue weighted by molar-refractivity contribution is -0.152. The number of nitrogens with two attached hydrogens (primary N) is 1. The SMILES string of the molecule is CC(C)C[C@H](NC(=O)[C@H](CC(C)C)N(C)C(=O)[C@H](C)NC(=O)[C@H](C)N(C)C(=O)[C@@H](NC(=O)CN(C)C(=O)[C@H](C(C)C)N(C)C(=O)[C@H](CC(C)C)N(C)C(=O)[C@@H](N)Cc1ccccc1)[C@@H](C)O)C(=O)N[C@@H](Cc1cccc(I)c1)C(=O)O. The van der Waals surface area contributed by atoms with E-state index >= 15 is 0 Å². The summed E-state index contributed by atoms with van der Waals surface area (Å²) in [7, 11) is 6.98. The highest BCUT2D eigenvalue weighted by Gasteiger charge is 2.41. The molecule has 81 heavy (non-hydrogen) atoms. The van der Waals surface area contributed by atoms with E-state index in [1.807, 2.05) is 84.0 Å². The summed E-state index contributed by atoms with van der Waals surface area (Å²) in [6.45, 7) is 18.1. The average Bonchev–Trinajstić information content (AvgIpc) is 3.38. The van der Waals surface area contributed by atoms with Gasteiger partial charge in [0, 0.05) is 45.2 Å². The van der Waals surface area contributed by atoms with Crippen molar-refractivity contribution in [3.8, 4) is 0 Å². The Balaban J connectivity index is 2.20. The highest BCUT2D eigenvalue weighted by molar-refractivity contribution is 14.1. The Hall–Kier alpha value is -6.21. The van der Waals surface area contributed by atoms with Gasteiger partial charge in [0.05, 0.1) is 18.7 Å². The Morgan fingerprint density at radius 1 is 0.543 bits per heavy atom. The predicted molar refractivity (Wildman–Crippen MR) is 316 cm³/mol. The third kappa shape index (κ3) is 21.9. The maximum atomic E-state index is 14.3. The number of amides is 9. The van der Waals surface area contributed by atoms with Crippen LogP contribution in [0.1, 0.15) is 107 Å². The Morgan fingerprint density at radius 2 is 1.07 bits per heavy atom. The summed E-state index contributed by atoms with van der Waals surface area (Å²) in [5.74, 6) is -8.12. The van der Waals surface area contributed by atoms with Crippen LogP contribution in [-0.4, -0.2) is 196 Å². The topological polar surface area (TPSA) is 302 Å². The molecule has 0 saturated carbocycles. The maximum absolute atomic E-state index is 14.3. The van der Waals surface area contributed by atoms with Gasteiger partial charge in [-0.3, -0.25) is 43.2 Å². The molecule has 23 heteroatoms. The van der Waals surface area contributed by atoms with Crippen molar-refractivity contribution < 1.29 is 58.2 Å². The summed E-state index contributed by atoms with van der Waals surface area (Å²) in [5, 5.41) is 31.2. The van der Waals surface area contributed by atoms with Gasteiger partial charge in [-0.2, -0.15) is 0 Å². The number of carboxylic acid groups (broad SMARTS) is 1. The third-order valence-electron chi connectivity index (χ3n) is 14.0. The van der Waals surface area contributed by atoms with E-state index in [1.54, 1.807) is 26.0 Å². The summed E-state index contributed by atoms with van der Waals surface area (Å²) >= 11 is 2.11. The van der Waals surface area contributed by atoms with E-state index in [0.717, 1.165) is 23.8 Å². The quantitative estimate of drug-likeness (QED) is 0.0535. The number of nitrogens with zero attached hydrogens (tertiary/aromatic N) is 5. The molecule has 0 spiro atoms. The summed E-state index contributed by atoms with van der Waals surface area (Å²) in [6.07, 6.45) is -0.657. The van der Waals surface area contributed by atoms with Crippen LogP contribution in [0.15, 0.2) is 54.6 Å². The van der Waals surface area contributed by atoms with Gasteiger partial charge < -0.3 is 61.7 Å². The number of carbonyl (C=O) groups excluding carboxylic acids is 9. The van der Waals surface area contributed by atoms with E-state index in [9.17, 15) is 58.2 Å². The van der Waals surface area contributed by atoms with E-state index in [2.05, 4.69) is 43.9 Å². The first-order valence-corrected chi connectivity index (χ1v) is 28.7. The van der Waals surface area contributed by atoms with Gasteiger partial charge in [0.1, 0.15) is 48.3 Å². The Labute approximate surface area is 492 Å². The van der Waals surface area contributed by atoms with Crippen molar-refractivity contribution in [2.75, 3.05) is 41.8 Å². The Kier molecular flexibility index (Phi) is 28.9. The minimum atomic E-state index is -1.60. The minimum Gasteiger partial charge on any atom is -0.480 e. The van der Waals surface area contributed by atoms with Gasteiger partial charge in [-0.25, -0.2) is 4.79 Å². The van der Waals surface area contributed by atoms with Crippen LogP contribution in [0.25, 0.3) is 0 Å². The average molecular weight is 1250 g/mol. The van der Waals surface area contributed by atoms with Gasteiger partial charge in [-0.1, -0.05) is 97.9 Å². The second-order valence-electron chi connectivity index (χ2n) is 22.9. The molecule has 22 nitrogen and oxygen atoms in total. The number of rotatable bonds is 31. The molecule has 0 aliphatic heterocycles. The number of nitrogens with one attached hydrogen (secondary N) is 4. The highest BCUT2D eigenvalue weighted by atomic mass is 127. The molecule has 0 bridgehead atoms. The van der Waals surface area contributed by atoms with E-state index < -0.39 is 132 Å². The molecular weight excluding hydrogens is 1160 g/mol. The Bertz CT molecular complexity index is 2480. The number of carboxylic acids is 1. The van der Waals surface area contributed by atoms with Crippen LogP contribution >= 0.6 is 22.6 Å². The van der Waals surface area contributed by atoms with Crippen LogP contribution in [0.5, 0.6) is 0 Å². The molecule has 2 aromatic carbocycles. The highest BCUT2D eigenvalue weighted by Crippen LogP contribution is 2.21. The number of halogens is 1. The molecule has 0 saturated heterocycles. The van der Waals surface area contributed by atoms with E-state index in [1.165, 1.54) is 65.8 Å². The van der Waals surface area contributed by atoms with Gasteiger partial charge in [0.25, 0.3) is 0 Å². The molecular formula is C58H91IN10O12. The molecule has 0 unspecified atom stereocenters. The molecule has 2 aromatic rings. The first-order chi connectivity index (χ1) is 37.6. The van der Waals surface area contributed by atoms with Gasteiger partial charge in [0.2, 0.25) is 53.2 Å². The van der Waals surface area contributed by atoms with Crippen LogP contribution in [0.3, 0.4) is 0 Å². The minimum absolute atomic E-state index is 0.00118. The summed E-state index contributed by atoms with van der Waals surface area (Å²) in [6, 6.07) is 5.75. The fraction of sp³-hybridized carbons (Fsp3) is 0.621. The molecule has 0 aromatic heterocycles. The third-order valence-corrected chi connectivity index (χ3v) is 14.7. The summed E-state index contributed by atoms with van der Waals surface area (Å²) in [4.78, 5) is 143. The van der Waals surface area contributed by atoms with E-state index in [0.29, 0.717) is 5.56 Å². The van der Waals surface area contributed by atoms with Crippen molar-refractivity contribution >= 4 is 81.7 Å². The summed E-state index contributed by atoms with van der Waals surface area (Å²) < 4.78 is 0.889. The Morgan fingerprint density at radius 3 is 1.59 bits per heavy atom. The van der Waals surface area contributed by atoms with E-state index in [4.69, 9.17) is 5.73 Å². The first kappa shape index (κ1) is 70.9. The van der Waals surface area contributed by atoms with Crippen LogP contribution in [0, 0.1) is 27.2 Å². The molecule has 0 heterocycles. The number of aliphatic carboxylic acids is 1. The zero-order valence-electron chi connectivity index (χ0n) is 50.2. The number of benzene rings is 2. The molecule has 0 radical (unpaired) electrons. The second-order valence-corrected chi connectivity index (χ2v) is 24.1. The van der Waals surface area contributed by atoms with Gasteiger partial charge in [-0.15, -0.1) is 0 Å². The standard InChI is InChI=1S/C58H91IN10O12/c1-32(2)25-43(51(73)63-44(58(80)81)30-40-23-20-24-41(59)28-40)62-52(74)45(26-33(3)4)67(14)53(75)36(9)61-50(72)37(10)66(13)56(78)48(38(11)70)64-47(71)31-65(12)57(79)49(35(7)8)69(16)55(77)46(27-34(5)6)68(15)54(76)42(60)29-39-21-18-17-19-22-39/h17-24,28,32-38,42-46,48-49,70H,25-27,29-31,60H2,1-16H3,(H,61,72)(H,62,74)(H,63,73)(H,64,71)(H,80,81)/t36-,37-,38+,42-,43-,44-,45-,46-,48-,49-/m0/s1. The van der Waals surface area contributed by atoms with Crippen molar-refractivity contribution in [3.05, 3.63) is 69.3 Å².